The van der Waals surface area contributed by atoms with Crippen LogP contribution in [0.4, 0.5) is 0 Å². The lowest BCUT2D eigenvalue weighted by Gasteiger charge is -2.29. The average Bonchev–Trinajstić information content (AvgIpc) is 2.67. The van der Waals surface area contributed by atoms with Crippen LogP contribution >= 0.6 is 0 Å². The van der Waals surface area contributed by atoms with Crippen molar-refractivity contribution in [1.29, 1.82) is 0 Å². The largest absolute Gasteiger partial charge is 0.481 e. The van der Waals surface area contributed by atoms with E-state index in [2.05, 4.69) is 65.4 Å². The molecule has 2 nitrogen and oxygen atoms in total. The summed E-state index contributed by atoms with van der Waals surface area (Å²) in [5.74, 6) is 3.47. The summed E-state index contributed by atoms with van der Waals surface area (Å²) in [7, 11) is 0. The molecule has 2 heteroatoms. The van der Waals surface area contributed by atoms with Gasteiger partial charge in [-0.05, 0) is 34.4 Å². The van der Waals surface area contributed by atoms with Crippen LogP contribution in [-0.4, -0.2) is 18.1 Å². The number of nitrogens with zero attached hydrogens (tertiary/aromatic N) is 1. The third-order valence-corrected chi connectivity index (χ3v) is 4.90. The second-order valence-electron chi connectivity index (χ2n) is 6.49. The van der Waals surface area contributed by atoms with Crippen molar-refractivity contribution in [2.24, 2.45) is 0 Å². The van der Waals surface area contributed by atoms with Crippen LogP contribution in [0.25, 0.3) is 10.8 Å². The van der Waals surface area contributed by atoms with Crippen LogP contribution in [0.3, 0.4) is 0 Å². The predicted octanol–water partition coefficient (Wildman–Crippen LogP) is 4.41. The smallest absolute Gasteiger partial charge is 0.148 e. The first-order valence-corrected chi connectivity index (χ1v) is 8.71. The van der Waals surface area contributed by atoms with E-state index in [1.54, 1.807) is 0 Å². The summed E-state index contributed by atoms with van der Waals surface area (Å²) in [6.07, 6.45) is 6.49. The molecule has 4 rings (SSSR count). The quantitative estimate of drug-likeness (QED) is 0.658. The third kappa shape index (κ3) is 3.24. The van der Waals surface area contributed by atoms with Gasteiger partial charge in [-0.25, -0.2) is 0 Å². The number of fused-ring (bicyclic) bond motifs is 2. The monoisotopic (exact) mass is 327 g/mol. The van der Waals surface area contributed by atoms with E-state index in [-0.39, 0.29) is 0 Å². The van der Waals surface area contributed by atoms with Gasteiger partial charge in [-0.2, -0.15) is 0 Å². The number of benzene rings is 3. The summed E-state index contributed by atoms with van der Waals surface area (Å²) < 4.78 is 5.84. The maximum atomic E-state index is 5.84. The fraction of sp³-hybridized carbons (Fsp3) is 0.217. The van der Waals surface area contributed by atoms with Gasteiger partial charge < -0.3 is 4.74 Å². The Bertz CT molecular complexity index is 938. The summed E-state index contributed by atoms with van der Waals surface area (Å²) in [4.78, 5) is 2.49. The van der Waals surface area contributed by atoms with E-state index in [1.807, 2.05) is 6.07 Å². The zero-order valence-electron chi connectivity index (χ0n) is 14.2. The highest BCUT2D eigenvalue weighted by atomic mass is 16.5. The number of hydrogen-bond donors (Lipinski definition) is 0. The highest BCUT2D eigenvalue weighted by molar-refractivity contribution is 5.87. The maximum Gasteiger partial charge on any atom is 0.148 e. The van der Waals surface area contributed by atoms with E-state index in [0.717, 1.165) is 31.8 Å². The summed E-state index contributed by atoms with van der Waals surface area (Å²) in [5, 5.41) is 2.49. The fourth-order valence-corrected chi connectivity index (χ4v) is 3.65. The van der Waals surface area contributed by atoms with Gasteiger partial charge in [-0.15, -0.1) is 6.42 Å². The fourth-order valence-electron chi connectivity index (χ4n) is 3.65. The summed E-state index contributed by atoms with van der Waals surface area (Å²) >= 11 is 0. The highest BCUT2D eigenvalue weighted by Gasteiger charge is 2.18. The lowest BCUT2D eigenvalue weighted by molar-refractivity contribution is 0.241. The van der Waals surface area contributed by atoms with Crippen molar-refractivity contribution in [3.8, 4) is 18.1 Å². The number of hydrogen-bond acceptors (Lipinski definition) is 2. The summed E-state index contributed by atoms with van der Waals surface area (Å²) in [6, 6.07) is 21.4. The van der Waals surface area contributed by atoms with Crippen molar-refractivity contribution in [3.63, 3.8) is 0 Å². The highest BCUT2D eigenvalue weighted by Crippen LogP contribution is 2.31. The summed E-state index contributed by atoms with van der Waals surface area (Å²) in [5.41, 5.74) is 4.13. The molecule has 0 aliphatic carbocycles. The molecule has 0 amide bonds. The topological polar surface area (TPSA) is 12.5 Å². The molecule has 0 fully saturated rings. The van der Waals surface area contributed by atoms with Crippen LogP contribution in [0.15, 0.2) is 60.7 Å². The van der Waals surface area contributed by atoms with Gasteiger partial charge >= 0.3 is 0 Å². The first-order chi connectivity index (χ1) is 12.3. The molecule has 0 spiro atoms. The van der Waals surface area contributed by atoms with Crippen LogP contribution < -0.4 is 4.74 Å². The van der Waals surface area contributed by atoms with Crippen molar-refractivity contribution in [2.45, 2.75) is 19.5 Å². The van der Waals surface area contributed by atoms with E-state index in [1.165, 1.54) is 27.5 Å². The number of terminal acetylenes is 1. The van der Waals surface area contributed by atoms with Gasteiger partial charge in [0, 0.05) is 25.2 Å². The van der Waals surface area contributed by atoms with E-state index >= 15 is 0 Å². The third-order valence-electron chi connectivity index (χ3n) is 4.90. The normalized spacial score (nSPS) is 14.0. The molecule has 25 heavy (non-hydrogen) atoms. The Morgan fingerprint density at radius 2 is 1.76 bits per heavy atom. The molecule has 3 aromatic rings. The minimum atomic E-state index is 0.300. The van der Waals surface area contributed by atoms with Gasteiger partial charge in [-0.3, -0.25) is 4.90 Å². The lowest BCUT2D eigenvalue weighted by Crippen LogP contribution is -2.30. The molecule has 3 aromatic carbocycles. The SMILES string of the molecule is C#CCOc1ccc2ccccc2c1CN1CCc2ccccc2C1. The second-order valence-corrected chi connectivity index (χ2v) is 6.49. The van der Waals surface area contributed by atoms with Crippen LogP contribution in [-0.2, 0) is 19.5 Å². The first kappa shape index (κ1) is 15.7. The molecular weight excluding hydrogens is 306 g/mol. The van der Waals surface area contributed by atoms with Crippen molar-refractivity contribution in [2.75, 3.05) is 13.2 Å². The van der Waals surface area contributed by atoms with E-state index < -0.39 is 0 Å². The Morgan fingerprint density at radius 1 is 0.960 bits per heavy atom. The van der Waals surface area contributed by atoms with Gasteiger partial charge in [0.15, 0.2) is 0 Å². The Kier molecular flexibility index (Phi) is 4.41. The van der Waals surface area contributed by atoms with E-state index in [9.17, 15) is 0 Å². The van der Waals surface area contributed by atoms with Crippen LogP contribution in [0.5, 0.6) is 5.75 Å². The van der Waals surface area contributed by atoms with Gasteiger partial charge in [-0.1, -0.05) is 60.5 Å². The van der Waals surface area contributed by atoms with E-state index in [0.29, 0.717) is 6.61 Å². The molecule has 0 radical (unpaired) electrons. The second kappa shape index (κ2) is 7.01. The van der Waals surface area contributed by atoms with Gasteiger partial charge in [0.1, 0.15) is 12.4 Å². The molecule has 0 unspecified atom stereocenters. The molecule has 1 heterocycles. The molecule has 0 bridgehead atoms. The van der Waals surface area contributed by atoms with Gasteiger partial charge in [0.25, 0.3) is 0 Å². The number of ether oxygens (including phenoxy) is 1. The van der Waals surface area contributed by atoms with Gasteiger partial charge in [0.05, 0.1) is 0 Å². The standard InChI is InChI=1S/C23H21NO/c1-2-15-25-23-12-11-19-8-5-6-10-21(19)22(23)17-24-14-13-18-7-3-4-9-20(18)16-24/h1,3-12H,13-17H2. The molecule has 0 aromatic heterocycles. The van der Waals surface area contributed by atoms with Crippen molar-refractivity contribution >= 4 is 10.8 Å². The Balaban J connectivity index is 1.67. The lowest BCUT2D eigenvalue weighted by atomic mass is 9.98. The zero-order valence-corrected chi connectivity index (χ0v) is 14.2. The minimum absolute atomic E-state index is 0.300. The van der Waals surface area contributed by atoms with Crippen molar-refractivity contribution in [1.82, 2.24) is 4.90 Å². The molecule has 0 N–H and O–H groups in total. The van der Waals surface area contributed by atoms with Crippen LogP contribution in [0.2, 0.25) is 0 Å². The Hall–Kier alpha value is -2.76. The van der Waals surface area contributed by atoms with Crippen molar-refractivity contribution in [3.05, 3.63) is 77.4 Å². The molecule has 0 saturated heterocycles. The van der Waals surface area contributed by atoms with Crippen LogP contribution in [0, 0.1) is 12.3 Å². The molecular formula is C23H21NO. The molecule has 0 atom stereocenters. The summed E-state index contributed by atoms with van der Waals surface area (Å²) in [6.45, 7) is 3.21. The van der Waals surface area contributed by atoms with E-state index in [4.69, 9.17) is 11.2 Å². The Labute approximate surface area is 149 Å². The molecule has 0 saturated carbocycles. The Morgan fingerprint density at radius 3 is 2.64 bits per heavy atom. The average molecular weight is 327 g/mol. The van der Waals surface area contributed by atoms with Gasteiger partial charge in [0.2, 0.25) is 0 Å². The van der Waals surface area contributed by atoms with Crippen molar-refractivity contribution < 1.29 is 4.74 Å². The number of rotatable bonds is 4. The maximum absolute atomic E-state index is 5.84. The molecule has 1 aliphatic heterocycles. The zero-order chi connectivity index (χ0) is 17.1. The first-order valence-electron chi connectivity index (χ1n) is 8.71. The molecule has 1 aliphatic rings. The van der Waals surface area contributed by atoms with Crippen LogP contribution in [0.1, 0.15) is 16.7 Å². The minimum Gasteiger partial charge on any atom is -0.481 e. The molecule has 124 valence electrons. The predicted molar refractivity (Wildman–Crippen MR) is 103 cm³/mol.